The van der Waals surface area contributed by atoms with E-state index in [0.717, 1.165) is 16.8 Å². The maximum absolute atomic E-state index is 12.2. The molecule has 7 nitrogen and oxygen atoms in total. The number of aryl methyl sites for hydroxylation is 1. The van der Waals surface area contributed by atoms with Gasteiger partial charge in [-0.2, -0.15) is 0 Å². The first-order chi connectivity index (χ1) is 13.6. The largest absolute Gasteiger partial charge is 0.493 e. The summed E-state index contributed by atoms with van der Waals surface area (Å²) in [6.45, 7) is 2.01. The molecule has 28 heavy (non-hydrogen) atoms. The fourth-order valence-electron chi connectivity index (χ4n) is 2.61. The van der Waals surface area contributed by atoms with Crippen molar-refractivity contribution in [3.63, 3.8) is 0 Å². The van der Waals surface area contributed by atoms with Gasteiger partial charge in [0.1, 0.15) is 0 Å². The number of benzene rings is 2. The van der Waals surface area contributed by atoms with Gasteiger partial charge in [-0.1, -0.05) is 29.8 Å². The van der Waals surface area contributed by atoms with Gasteiger partial charge in [0.05, 0.1) is 20.6 Å². The van der Waals surface area contributed by atoms with Crippen LogP contribution < -0.4 is 20.1 Å². The summed E-state index contributed by atoms with van der Waals surface area (Å²) in [5.41, 5.74) is 2.89. The van der Waals surface area contributed by atoms with E-state index in [1.807, 2.05) is 37.3 Å². The average molecular weight is 378 g/mol. The van der Waals surface area contributed by atoms with E-state index in [0.29, 0.717) is 23.1 Å². The Morgan fingerprint density at radius 3 is 2.21 bits per heavy atom. The number of methoxy groups -OCH3 is 2. The van der Waals surface area contributed by atoms with Crippen LogP contribution in [0.15, 0.2) is 54.6 Å². The van der Waals surface area contributed by atoms with Crippen LogP contribution >= 0.6 is 0 Å². The first-order valence-corrected chi connectivity index (χ1v) is 8.75. The fourth-order valence-corrected chi connectivity index (χ4v) is 2.61. The third-order valence-electron chi connectivity index (χ3n) is 4.07. The molecule has 0 spiro atoms. The number of rotatable bonds is 7. The van der Waals surface area contributed by atoms with E-state index < -0.39 is 0 Å². The summed E-state index contributed by atoms with van der Waals surface area (Å²) in [7, 11) is 3.16. The molecule has 7 heteroatoms. The predicted molar refractivity (Wildman–Crippen MR) is 108 cm³/mol. The van der Waals surface area contributed by atoms with Gasteiger partial charge in [0.2, 0.25) is 5.91 Å². The lowest BCUT2D eigenvalue weighted by Crippen LogP contribution is -2.15. The Labute approximate surface area is 163 Å². The van der Waals surface area contributed by atoms with Crippen LogP contribution in [0, 0.1) is 6.92 Å². The van der Waals surface area contributed by atoms with Crippen molar-refractivity contribution in [3.05, 3.63) is 65.7 Å². The number of ether oxygens (including phenoxy) is 2. The zero-order valence-electron chi connectivity index (χ0n) is 16.0. The van der Waals surface area contributed by atoms with E-state index in [4.69, 9.17) is 9.47 Å². The molecule has 0 unspecified atom stereocenters. The minimum atomic E-state index is -0.140. The van der Waals surface area contributed by atoms with E-state index in [9.17, 15) is 4.79 Å². The Morgan fingerprint density at radius 2 is 1.57 bits per heavy atom. The normalized spacial score (nSPS) is 10.2. The quantitative estimate of drug-likeness (QED) is 0.652. The Balaban J connectivity index is 1.60. The molecular weight excluding hydrogens is 356 g/mol. The van der Waals surface area contributed by atoms with Gasteiger partial charge >= 0.3 is 0 Å². The lowest BCUT2D eigenvalue weighted by atomic mass is 10.1. The summed E-state index contributed by atoms with van der Waals surface area (Å²) in [4.78, 5) is 12.2. The molecule has 1 amide bonds. The van der Waals surface area contributed by atoms with Gasteiger partial charge in [0.15, 0.2) is 23.1 Å². The van der Waals surface area contributed by atoms with Crippen LogP contribution in [0.2, 0.25) is 0 Å². The van der Waals surface area contributed by atoms with Crippen LogP contribution in [0.5, 0.6) is 11.5 Å². The summed E-state index contributed by atoms with van der Waals surface area (Å²) in [5.74, 6) is 2.06. The molecule has 1 heterocycles. The number of carbonyl (C=O) groups excluding carboxylic acids is 1. The Hall–Kier alpha value is -3.61. The minimum absolute atomic E-state index is 0.140. The molecule has 2 aromatic carbocycles. The van der Waals surface area contributed by atoms with Crippen molar-refractivity contribution >= 4 is 23.2 Å². The molecule has 0 saturated carbocycles. The van der Waals surface area contributed by atoms with Crippen molar-refractivity contribution in [3.8, 4) is 11.5 Å². The molecule has 0 aliphatic rings. The summed E-state index contributed by atoms with van der Waals surface area (Å²) in [6.07, 6.45) is 0.285. The molecular formula is C21H22N4O3. The number of aromatic nitrogens is 2. The molecule has 2 N–H and O–H groups in total. The van der Waals surface area contributed by atoms with Gasteiger partial charge in [-0.25, -0.2) is 0 Å². The molecule has 0 atom stereocenters. The maximum Gasteiger partial charge on any atom is 0.229 e. The standard InChI is InChI=1S/C21H22N4O3/c1-14-4-6-15(7-5-14)12-21(26)23-20-11-10-19(24-25-20)22-16-8-9-17(27-2)18(13-16)28-3/h4-11,13H,12H2,1-3H3,(H,22,24)(H,23,25,26). The summed E-state index contributed by atoms with van der Waals surface area (Å²) >= 11 is 0. The van der Waals surface area contributed by atoms with Crippen LogP contribution in [0.1, 0.15) is 11.1 Å². The zero-order valence-corrected chi connectivity index (χ0v) is 16.0. The van der Waals surface area contributed by atoms with Crippen LogP contribution in [0.3, 0.4) is 0 Å². The monoisotopic (exact) mass is 378 g/mol. The van der Waals surface area contributed by atoms with E-state index in [1.165, 1.54) is 0 Å². The van der Waals surface area contributed by atoms with Gasteiger partial charge in [-0.3, -0.25) is 4.79 Å². The molecule has 3 aromatic rings. The van der Waals surface area contributed by atoms with Crippen molar-refractivity contribution in [2.24, 2.45) is 0 Å². The van der Waals surface area contributed by atoms with Crippen molar-refractivity contribution in [1.82, 2.24) is 10.2 Å². The number of hydrogen-bond donors (Lipinski definition) is 2. The first kappa shape index (κ1) is 19.2. The second-order valence-corrected chi connectivity index (χ2v) is 6.21. The summed E-state index contributed by atoms with van der Waals surface area (Å²) in [6, 6.07) is 16.7. The summed E-state index contributed by atoms with van der Waals surface area (Å²) in [5, 5.41) is 14.0. The fraction of sp³-hybridized carbons (Fsp3) is 0.190. The Kier molecular flexibility index (Phi) is 6.06. The number of hydrogen-bond acceptors (Lipinski definition) is 6. The Morgan fingerprint density at radius 1 is 0.893 bits per heavy atom. The highest BCUT2D eigenvalue weighted by molar-refractivity contribution is 5.91. The van der Waals surface area contributed by atoms with Gasteiger partial charge in [0, 0.05) is 11.8 Å². The van der Waals surface area contributed by atoms with Gasteiger partial charge in [0.25, 0.3) is 0 Å². The highest BCUT2D eigenvalue weighted by atomic mass is 16.5. The third kappa shape index (κ3) is 4.97. The third-order valence-corrected chi connectivity index (χ3v) is 4.07. The van der Waals surface area contributed by atoms with Crippen LogP contribution in [0.4, 0.5) is 17.3 Å². The van der Waals surface area contributed by atoms with Gasteiger partial charge in [-0.05, 0) is 36.8 Å². The topological polar surface area (TPSA) is 85.4 Å². The van der Waals surface area contributed by atoms with Gasteiger partial charge < -0.3 is 20.1 Å². The van der Waals surface area contributed by atoms with E-state index in [-0.39, 0.29) is 12.3 Å². The van der Waals surface area contributed by atoms with E-state index in [1.54, 1.807) is 38.5 Å². The van der Waals surface area contributed by atoms with Crippen molar-refractivity contribution in [1.29, 1.82) is 0 Å². The lowest BCUT2D eigenvalue weighted by molar-refractivity contribution is -0.115. The van der Waals surface area contributed by atoms with Crippen molar-refractivity contribution in [2.75, 3.05) is 24.9 Å². The SMILES string of the molecule is COc1ccc(Nc2ccc(NC(=O)Cc3ccc(C)cc3)nn2)cc1OC. The van der Waals surface area contributed by atoms with Crippen molar-refractivity contribution in [2.45, 2.75) is 13.3 Å². The van der Waals surface area contributed by atoms with Crippen LogP contribution in [0.25, 0.3) is 0 Å². The second-order valence-electron chi connectivity index (χ2n) is 6.21. The average Bonchev–Trinajstić information content (AvgIpc) is 2.71. The number of carbonyl (C=O) groups is 1. The molecule has 0 aliphatic heterocycles. The highest BCUT2D eigenvalue weighted by Crippen LogP contribution is 2.30. The lowest BCUT2D eigenvalue weighted by Gasteiger charge is -2.11. The highest BCUT2D eigenvalue weighted by Gasteiger charge is 2.08. The maximum atomic E-state index is 12.2. The number of amides is 1. The number of anilines is 3. The summed E-state index contributed by atoms with van der Waals surface area (Å²) < 4.78 is 10.5. The molecule has 144 valence electrons. The molecule has 0 radical (unpaired) electrons. The first-order valence-electron chi connectivity index (χ1n) is 8.75. The number of nitrogens with zero attached hydrogens (tertiary/aromatic N) is 2. The zero-order chi connectivity index (χ0) is 19.9. The van der Waals surface area contributed by atoms with E-state index in [2.05, 4.69) is 20.8 Å². The van der Waals surface area contributed by atoms with E-state index >= 15 is 0 Å². The molecule has 0 fully saturated rings. The molecule has 0 saturated heterocycles. The smallest absolute Gasteiger partial charge is 0.229 e. The van der Waals surface area contributed by atoms with Gasteiger partial charge in [-0.15, -0.1) is 10.2 Å². The minimum Gasteiger partial charge on any atom is -0.493 e. The number of nitrogens with one attached hydrogen (secondary N) is 2. The van der Waals surface area contributed by atoms with Crippen LogP contribution in [-0.4, -0.2) is 30.3 Å². The molecule has 0 bridgehead atoms. The molecule has 3 rings (SSSR count). The second kappa shape index (κ2) is 8.85. The predicted octanol–water partition coefficient (Wildman–Crippen LogP) is 3.73. The van der Waals surface area contributed by atoms with Crippen LogP contribution in [-0.2, 0) is 11.2 Å². The Bertz CT molecular complexity index is 941. The molecule has 0 aliphatic carbocycles. The van der Waals surface area contributed by atoms with Crippen molar-refractivity contribution < 1.29 is 14.3 Å². The molecule has 1 aromatic heterocycles.